The molecule has 2 aliphatic heterocycles. The maximum absolute atomic E-state index is 4.83. The van der Waals surface area contributed by atoms with Crippen LogP contribution in [0.3, 0.4) is 0 Å². The highest BCUT2D eigenvalue weighted by molar-refractivity contribution is 7.99. The maximum atomic E-state index is 4.83. The Balaban J connectivity index is 1.90. The van der Waals surface area contributed by atoms with Crippen molar-refractivity contribution in [2.45, 2.75) is 50.3 Å². The van der Waals surface area contributed by atoms with Crippen LogP contribution in [0.1, 0.15) is 55.4 Å². The largest absolute Gasteiger partial charge is 0.332 e. The lowest BCUT2D eigenvalue weighted by Crippen LogP contribution is -2.14. The number of aryl methyl sites for hydroxylation is 1. The van der Waals surface area contributed by atoms with Gasteiger partial charge in [0.1, 0.15) is 5.82 Å². The number of hydrogen-bond acceptors (Lipinski definition) is 2. The van der Waals surface area contributed by atoms with Crippen molar-refractivity contribution in [1.82, 2.24) is 9.55 Å². The molecule has 0 saturated carbocycles. The van der Waals surface area contributed by atoms with Gasteiger partial charge >= 0.3 is 0 Å². The fourth-order valence-electron chi connectivity index (χ4n) is 2.68. The molecule has 15 heavy (non-hydrogen) atoms. The van der Waals surface area contributed by atoms with Crippen molar-refractivity contribution in [1.29, 1.82) is 0 Å². The zero-order valence-corrected chi connectivity index (χ0v) is 10.1. The summed E-state index contributed by atoms with van der Waals surface area (Å²) in [5.74, 6) is 2.65. The Labute approximate surface area is 95.5 Å². The van der Waals surface area contributed by atoms with Crippen LogP contribution < -0.4 is 0 Å². The Bertz CT molecular complexity index is 353. The van der Waals surface area contributed by atoms with Gasteiger partial charge in [-0.15, -0.1) is 0 Å². The second-order valence-electron chi connectivity index (χ2n) is 4.73. The van der Waals surface area contributed by atoms with Crippen molar-refractivity contribution in [3.05, 3.63) is 17.7 Å². The van der Waals surface area contributed by atoms with E-state index in [-0.39, 0.29) is 0 Å². The van der Waals surface area contributed by atoms with Gasteiger partial charge in [0.05, 0.1) is 5.69 Å². The normalized spacial score (nSPS) is 30.5. The van der Waals surface area contributed by atoms with E-state index >= 15 is 0 Å². The summed E-state index contributed by atoms with van der Waals surface area (Å²) in [6.45, 7) is 2.32. The van der Waals surface area contributed by atoms with E-state index in [2.05, 4.69) is 29.4 Å². The highest BCUT2D eigenvalue weighted by atomic mass is 32.2. The van der Waals surface area contributed by atoms with E-state index in [1.165, 1.54) is 49.4 Å². The molecule has 2 unspecified atom stereocenters. The van der Waals surface area contributed by atoms with Crippen LogP contribution in [0.4, 0.5) is 0 Å². The summed E-state index contributed by atoms with van der Waals surface area (Å²) in [5, 5.41) is 0.690. The standard InChI is InChI=1S/C12H18N2S/c1-9-4-2-6-12-13-10(8-14(9)12)11-5-3-7-15-11/h8-9,11H,2-7H2,1H3. The van der Waals surface area contributed by atoms with Crippen molar-refractivity contribution in [3.8, 4) is 0 Å². The van der Waals surface area contributed by atoms with Gasteiger partial charge in [0.15, 0.2) is 0 Å². The monoisotopic (exact) mass is 222 g/mol. The number of rotatable bonds is 1. The number of nitrogens with zero attached hydrogens (tertiary/aromatic N) is 2. The Hall–Kier alpha value is -0.440. The highest BCUT2D eigenvalue weighted by Gasteiger charge is 2.24. The summed E-state index contributed by atoms with van der Waals surface area (Å²) in [6, 6.07) is 0.668. The third-order valence-corrected chi connectivity index (χ3v) is 4.99. The molecule has 2 nitrogen and oxygen atoms in total. The first-order valence-corrected chi connectivity index (χ1v) is 7.09. The molecule has 0 aliphatic carbocycles. The topological polar surface area (TPSA) is 17.8 Å². The number of aromatic nitrogens is 2. The summed E-state index contributed by atoms with van der Waals surface area (Å²) in [6.07, 6.45) is 8.84. The Morgan fingerprint density at radius 3 is 3.07 bits per heavy atom. The van der Waals surface area contributed by atoms with E-state index in [4.69, 9.17) is 4.98 Å². The van der Waals surface area contributed by atoms with Crippen LogP contribution in [0, 0.1) is 0 Å². The lowest BCUT2D eigenvalue weighted by molar-refractivity contribution is 0.425. The third kappa shape index (κ3) is 1.71. The van der Waals surface area contributed by atoms with Crippen molar-refractivity contribution < 1.29 is 0 Å². The zero-order valence-electron chi connectivity index (χ0n) is 9.28. The number of fused-ring (bicyclic) bond motifs is 1. The molecular formula is C12H18N2S. The van der Waals surface area contributed by atoms with Gasteiger partial charge in [0, 0.05) is 23.9 Å². The minimum absolute atomic E-state index is 0.668. The summed E-state index contributed by atoms with van der Waals surface area (Å²) >= 11 is 2.08. The minimum atomic E-state index is 0.668. The van der Waals surface area contributed by atoms with Gasteiger partial charge in [-0.2, -0.15) is 11.8 Å². The zero-order chi connectivity index (χ0) is 10.3. The third-order valence-electron chi connectivity index (χ3n) is 3.58. The predicted octanol–water partition coefficient (Wildman–Crippen LogP) is 3.35. The quantitative estimate of drug-likeness (QED) is 0.725. The molecule has 2 aliphatic rings. The summed E-state index contributed by atoms with van der Waals surface area (Å²) in [5.41, 5.74) is 1.35. The molecule has 3 heterocycles. The molecule has 3 heteroatoms. The molecule has 1 aromatic heterocycles. The summed E-state index contributed by atoms with van der Waals surface area (Å²) in [4.78, 5) is 4.83. The van der Waals surface area contributed by atoms with Crippen molar-refractivity contribution in [2.75, 3.05) is 5.75 Å². The van der Waals surface area contributed by atoms with Gasteiger partial charge in [-0.25, -0.2) is 4.98 Å². The molecule has 82 valence electrons. The maximum Gasteiger partial charge on any atom is 0.109 e. The molecule has 0 bridgehead atoms. The van der Waals surface area contributed by atoms with Gasteiger partial charge in [0.2, 0.25) is 0 Å². The summed E-state index contributed by atoms with van der Waals surface area (Å²) < 4.78 is 2.41. The van der Waals surface area contributed by atoms with Crippen LogP contribution in [0.25, 0.3) is 0 Å². The van der Waals surface area contributed by atoms with Gasteiger partial charge in [-0.05, 0) is 38.4 Å². The Kier molecular flexibility index (Phi) is 2.51. The van der Waals surface area contributed by atoms with E-state index in [1.54, 1.807) is 0 Å². The smallest absolute Gasteiger partial charge is 0.109 e. The first kappa shape index (κ1) is 9.76. The minimum Gasteiger partial charge on any atom is -0.332 e. The number of thioether (sulfide) groups is 1. The van der Waals surface area contributed by atoms with E-state index in [0.717, 1.165) is 0 Å². The van der Waals surface area contributed by atoms with Gasteiger partial charge in [-0.1, -0.05) is 0 Å². The van der Waals surface area contributed by atoms with Crippen LogP contribution in [0.5, 0.6) is 0 Å². The molecule has 0 spiro atoms. The van der Waals surface area contributed by atoms with Gasteiger partial charge < -0.3 is 4.57 Å². The molecule has 1 saturated heterocycles. The SMILES string of the molecule is CC1CCCc2nc(C3CCCS3)cn21. The van der Waals surface area contributed by atoms with E-state index in [9.17, 15) is 0 Å². The molecule has 3 rings (SSSR count). The molecule has 1 aromatic rings. The van der Waals surface area contributed by atoms with Crippen molar-refractivity contribution in [2.24, 2.45) is 0 Å². The van der Waals surface area contributed by atoms with Crippen LogP contribution in [0.2, 0.25) is 0 Å². The second kappa shape index (κ2) is 3.85. The first-order chi connectivity index (χ1) is 7.34. The fourth-order valence-corrected chi connectivity index (χ4v) is 3.92. The molecular weight excluding hydrogens is 204 g/mol. The number of hydrogen-bond donors (Lipinski definition) is 0. The van der Waals surface area contributed by atoms with Gasteiger partial charge in [-0.3, -0.25) is 0 Å². The van der Waals surface area contributed by atoms with E-state index in [1.807, 2.05) is 0 Å². The van der Waals surface area contributed by atoms with E-state index in [0.29, 0.717) is 11.3 Å². The molecule has 1 fully saturated rings. The first-order valence-electron chi connectivity index (χ1n) is 6.04. The molecule has 0 radical (unpaired) electrons. The Morgan fingerprint density at radius 1 is 1.40 bits per heavy atom. The average molecular weight is 222 g/mol. The average Bonchev–Trinajstić information content (AvgIpc) is 2.86. The van der Waals surface area contributed by atoms with Crippen LogP contribution in [-0.2, 0) is 6.42 Å². The number of imidazole rings is 1. The van der Waals surface area contributed by atoms with Crippen LogP contribution in [-0.4, -0.2) is 15.3 Å². The van der Waals surface area contributed by atoms with Crippen LogP contribution >= 0.6 is 11.8 Å². The van der Waals surface area contributed by atoms with Crippen molar-refractivity contribution in [3.63, 3.8) is 0 Å². The lowest BCUT2D eigenvalue weighted by atomic mass is 10.1. The van der Waals surface area contributed by atoms with Crippen LogP contribution in [0.15, 0.2) is 6.20 Å². The molecule has 2 atom stereocenters. The predicted molar refractivity (Wildman–Crippen MR) is 64.3 cm³/mol. The molecule has 0 amide bonds. The fraction of sp³-hybridized carbons (Fsp3) is 0.750. The van der Waals surface area contributed by atoms with Gasteiger partial charge in [0.25, 0.3) is 0 Å². The molecule has 0 N–H and O–H groups in total. The lowest BCUT2D eigenvalue weighted by Gasteiger charge is -2.20. The van der Waals surface area contributed by atoms with E-state index < -0.39 is 0 Å². The second-order valence-corrected chi connectivity index (χ2v) is 6.04. The summed E-state index contributed by atoms with van der Waals surface area (Å²) in [7, 11) is 0. The van der Waals surface area contributed by atoms with Crippen molar-refractivity contribution >= 4 is 11.8 Å². The highest BCUT2D eigenvalue weighted by Crippen LogP contribution is 2.40. The molecule has 0 aromatic carbocycles. The Morgan fingerprint density at radius 2 is 2.33 bits per heavy atom.